The Kier molecular flexibility index (Phi) is 5.82. The van der Waals surface area contributed by atoms with Gasteiger partial charge in [-0.3, -0.25) is 0 Å². The Morgan fingerprint density at radius 3 is 2.61 bits per heavy atom. The van der Waals surface area contributed by atoms with E-state index < -0.39 is 9.84 Å². The maximum atomic E-state index is 11.5. The van der Waals surface area contributed by atoms with E-state index in [4.69, 9.17) is 0 Å². The molecule has 5 heteroatoms. The number of benzene rings is 1. The van der Waals surface area contributed by atoms with Crippen molar-refractivity contribution in [3.63, 3.8) is 0 Å². The van der Waals surface area contributed by atoms with E-state index in [1.807, 2.05) is 26.0 Å². The lowest BCUT2D eigenvalue weighted by Gasteiger charge is -2.14. The van der Waals surface area contributed by atoms with Crippen LogP contribution in [0.4, 0.5) is 0 Å². The molecule has 0 unspecified atom stereocenters. The van der Waals surface area contributed by atoms with Crippen LogP contribution in [0.5, 0.6) is 0 Å². The van der Waals surface area contributed by atoms with E-state index in [0.29, 0.717) is 6.54 Å². The van der Waals surface area contributed by atoms with E-state index >= 15 is 0 Å². The van der Waals surface area contributed by atoms with Crippen LogP contribution in [0.2, 0.25) is 0 Å². The summed E-state index contributed by atoms with van der Waals surface area (Å²) in [6.07, 6.45) is 0. The standard InChI is InChI=1S/C13H20BrNO2S/c1-4-18(16,17)9-11(3)15-8-12-5-6-13(14)10(2)7-12/h5-7,11,15H,4,8-9H2,1-3H3/t11-/m0/s1. The zero-order chi connectivity index (χ0) is 13.8. The molecule has 1 N–H and O–H groups in total. The zero-order valence-electron chi connectivity index (χ0n) is 11.0. The van der Waals surface area contributed by atoms with E-state index in [9.17, 15) is 8.42 Å². The third-order valence-corrected chi connectivity index (χ3v) is 5.60. The lowest BCUT2D eigenvalue weighted by molar-refractivity contribution is 0.557. The van der Waals surface area contributed by atoms with Crippen molar-refractivity contribution in [3.05, 3.63) is 33.8 Å². The predicted octanol–water partition coefficient (Wildman–Crippen LogP) is 2.67. The number of hydrogen-bond donors (Lipinski definition) is 1. The average Bonchev–Trinajstić information content (AvgIpc) is 2.30. The lowest BCUT2D eigenvalue weighted by atomic mass is 10.1. The second kappa shape index (κ2) is 6.68. The van der Waals surface area contributed by atoms with Crippen molar-refractivity contribution >= 4 is 25.8 Å². The van der Waals surface area contributed by atoms with Crippen LogP contribution < -0.4 is 5.32 Å². The molecule has 1 atom stereocenters. The Morgan fingerprint density at radius 2 is 2.06 bits per heavy atom. The number of aryl methyl sites for hydroxylation is 1. The highest BCUT2D eigenvalue weighted by atomic mass is 79.9. The van der Waals surface area contributed by atoms with Gasteiger partial charge in [-0.15, -0.1) is 0 Å². The second-order valence-corrected chi connectivity index (χ2v) is 7.82. The number of halogens is 1. The van der Waals surface area contributed by atoms with Crippen LogP contribution in [0.3, 0.4) is 0 Å². The first-order chi connectivity index (χ1) is 8.34. The fourth-order valence-corrected chi connectivity index (χ4v) is 3.03. The summed E-state index contributed by atoms with van der Waals surface area (Å²) in [4.78, 5) is 0. The lowest BCUT2D eigenvalue weighted by Crippen LogP contribution is -2.33. The Balaban J connectivity index is 2.52. The summed E-state index contributed by atoms with van der Waals surface area (Å²) >= 11 is 3.46. The monoisotopic (exact) mass is 333 g/mol. The molecule has 1 aromatic carbocycles. The molecule has 0 spiro atoms. The van der Waals surface area contributed by atoms with E-state index in [0.717, 1.165) is 10.0 Å². The SMILES string of the molecule is CCS(=O)(=O)C[C@H](C)NCc1ccc(Br)c(C)c1. The third-order valence-electron chi connectivity index (χ3n) is 2.82. The first kappa shape index (κ1) is 15.7. The summed E-state index contributed by atoms with van der Waals surface area (Å²) < 4.78 is 24.0. The number of nitrogens with one attached hydrogen (secondary N) is 1. The van der Waals surface area contributed by atoms with Gasteiger partial charge in [-0.05, 0) is 31.0 Å². The van der Waals surface area contributed by atoms with Crippen LogP contribution in [0.15, 0.2) is 22.7 Å². The van der Waals surface area contributed by atoms with Crippen molar-refractivity contribution < 1.29 is 8.42 Å². The Morgan fingerprint density at radius 1 is 1.39 bits per heavy atom. The maximum absolute atomic E-state index is 11.5. The molecule has 0 aliphatic carbocycles. The zero-order valence-corrected chi connectivity index (χ0v) is 13.4. The van der Waals surface area contributed by atoms with Gasteiger partial charge in [0.25, 0.3) is 0 Å². The molecule has 0 bridgehead atoms. The van der Waals surface area contributed by atoms with Gasteiger partial charge in [-0.2, -0.15) is 0 Å². The molecular formula is C13H20BrNO2S. The highest BCUT2D eigenvalue weighted by Crippen LogP contribution is 2.17. The van der Waals surface area contributed by atoms with Crippen molar-refractivity contribution in [1.82, 2.24) is 5.32 Å². The van der Waals surface area contributed by atoms with Gasteiger partial charge in [-0.25, -0.2) is 8.42 Å². The minimum Gasteiger partial charge on any atom is -0.309 e. The van der Waals surface area contributed by atoms with Gasteiger partial charge >= 0.3 is 0 Å². The topological polar surface area (TPSA) is 46.2 Å². The molecule has 18 heavy (non-hydrogen) atoms. The second-order valence-electron chi connectivity index (χ2n) is 4.56. The molecule has 3 nitrogen and oxygen atoms in total. The van der Waals surface area contributed by atoms with Crippen LogP contribution in [0.1, 0.15) is 25.0 Å². The summed E-state index contributed by atoms with van der Waals surface area (Å²) in [5, 5.41) is 3.24. The minimum absolute atomic E-state index is 0.0288. The summed E-state index contributed by atoms with van der Waals surface area (Å²) in [6.45, 7) is 6.31. The molecule has 1 aromatic rings. The normalized spacial score (nSPS) is 13.6. The largest absolute Gasteiger partial charge is 0.309 e. The smallest absolute Gasteiger partial charge is 0.151 e. The first-order valence-corrected chi connectivity index (χ1v) is 8.64. The van der Waals surface area contributed by atoms with Crippen molar-refractivity contribution in [1.29, 1.82) is 0 Å². The average molecular weight is 334 g/mol. The fourth-order valence-electron chi connectivity index (χ4n) is 1.67. The number of hydrogen-bond acceptors (Lipinski definition) is 3. The number of sulfone groups is 1. The van der Waals surface area contributed by atoms with Crippen LogP contribution in [0.25, 0.3) is 0 Å². The Bertz CT molecular complexity index is 500. The molecule has 1 rings (SSSR count). The van der Waals surface area contributed by atoms with E-state index in [2.05, 4.69) is 27.3 Å². The molecule has 102 valence electrons. The van der Waals surface area contributed by atoms with Gasteiger partial charge in [0.1, 0.15) is 0 Å². The molecule has 0 saturated heterocycles. The van der Waals surface area contributed by atoms with E-state index in [1.165, 1.54) is 5.56 Å². The Labute approximate surface area is 118 Å². The minimum atomic E-state index is -2.91. The van der Waals surface area contributed by atoms with Gasteiger partial charge in [-0.1, -0.05) is 35.0 Å². The van der Waals surface area contributed by atoms with E-state index in [1.54, 1.807) is 6.92 Å². The summed E-state index contributed by atoms with van der Waals surface area (Å²) in [6, 6.07) is 6.11. The molecule has 0 fully saturated rings. The van der Waals surface area contributed by atoms with Gasteiger partial charge < -0.3 is 5.32 Å². The van der Waals surface area contributed by atoms with Crippen molar-refractivity contribution in [2.45, 2.75) is 33.4 Å². The molecule has 0 aromatic heterocycles. The summed E-state index contributed by atoms with van der Waals surface area (Å²) in [5.41, 5.74) is 2.35. The Hall–Kier alpha value is -0.390. The van der Waals surface area contributed by atoms with Crippen molar-refractivity contribution in [2.24, 2.45) is 0 Å². The van der Waals surface area contributed by atoms with Gasteiger partial charge in [0.05, 0.1) is 5.75 Å². The van der Waals surface area contributed by atoms with Crippen LogP contribution in [-0.2, 0) is 16.4 Å². The highest BCUT2D eigenvalue weighted by Gasteiger charge is 2.13. The van der Waals surface area contributed by atoms with Gasteiger partial charge in [0.15, 0.2) is 9.84 Å². The fraction of sp³-hybridized carbons (Fsp3) is 0.538. The molecular weight excluding hydrogens is 314 g/mol. The van der Waals surface area contributed by atoms with Gasteiger partial charge in [0.2, 0.25) is 0 Å². The number of rotatable bonds is 6. The van der Waals surface area contributed by atoms with Crippen molar-refractivity contribution in [2.75, 3.05) is 11.5 Å². The molecule has 0 aliphatic rings. The highest BCUT2D eigenvalue weighted by molar-refractivity contribution is 9.10. The third kappa shape index (κ3) is 5.08. The summed E-state index contributed by atoms with van der Waals surface area (Å²) in [5.74, 6) is 0.398. The predicted molar refractivity (Wildman–Crippen MR) is 79.5 cm³/mol. The molecule has 0 saturated carbocycles. The van der Waals surface area contributed by atoms with Crippen LogP contribution >= 0.6 is 15.9 Å². The molecule has 0 aliphatic heterocycles. The van der Waals surface area contributed by atoms with Crippen LogP contribution in [-0.4, -0.2) is 26.0 Å². The maximum Gasteiger partial charge on any atom is 0.151 e. The van der Waals surface area contributed by atoms with Crippen molar-refractivity contribution in [3.8, 4) is 0 Å². The quantitative estimate of drug-likeness (QED) is 0.870. The molecule has 0 amide bonds. The first-order valence-electron chi connectivity index (χ1n) is 6.03. The molecule has 0 heterocycles. The van der Waals surface area contributed by atoms with Crippen LogP contribution in [0, 0.1) is 6.92 Å². The molecule has 0 radical (unpaired) electrons. The summed E-state index contributed by atoms with van der Waals surface area (Å²) in [7, 11) is -2.91. The van der Waals surface area contributed by atoms with E-state index in [-0.39, 0.29) is 17.5 Å². The van der Waals surface area contributed by atoms with Gasteiger partial charge in [0, 0.05) is 22.8 Å².